The lowest BCUT2D eigenvalue weighted by Crippen LogP contribution is -2.64. The van der Waals surface area contributed by atoms with Crippen molar-refractivity contribution in [2.75, 3.05) is 4.90 Å². The molecule has 3 aromatic carbocycles. The molecule has 2 heterocycles. The lowest BCUT2D eigenvalue weighted by Gasteiger charge is -2.43. The van der Waals surface area contributed by atoms with Crippen LogP contribution in [-0.2, 0) is 17.9 Å². The molecule has 0 saturated carbocycles. The molecular formula is C28H25ClN4O2. The van der Waals surface area contributed by atoms with E-state index in [1.807, 2.05) is 67.6 Å². The molecule has 0 unspecified atom stereocenters. The van der Waals surface area contributed by atoms with Crippen molar-refractivity contribution in [1.82, 2.24) is 15.1 Å². The molecular weight excluding hydrogens is 460 g/mol. The second-order valence-electron chi connectivity index (χ2n) is 8.95. The summed E-state index contributed by atoms with van der Waals surface area (Å²) in [6.45, 7) is 4.24. The Hall–Kier alpha value is -3.90. The van der Waals surface area contributed by atoms with Crippen LogP contribution in [0.2, 0.25) is 5.02 Å². The summed E-state index contributed by atoms with van der Waals surface area (Å²) in [5.74, 6) is -0.542. The zero-order chi connectivity index (χ0) is 24.6. The molecule has 4 aromatic rings. The van der Waals surface area contributed by atoms with E-state index >= 15 is 0 Å². The first kappa shape index (κ1) is 22.9. The lowest BCUT2D eigenvalue weighted by atomic mass is 9.93. The molecule has 0 spiro atoms. The summed E-state index contributed by atoms with van der Waals surface area (Å²) in [5, 5.41) is 8.30. The summed E-state index contributed by atoms with van der Waals surface area (Å²) in [6, 6.07) is 26.5. The van der Waals surface area contributed by atoms with Crippen LogP contribution in [0, 0.1) is 6.92 Å². The maximum atomic E-state index is 13.9. The van der Waals surface area contributed by atoms with Crippen molar-refractivity contribution in [2.24, 2.45) is 0 Å². The molecule has 1 N–H and O–H groups in total. The third-order valence-corrected chi connectivity index (χ3v) is 6.64. The van der Waals surface area contributed by atoms with Crippen LogP contribution in [-0.4, -0.2) is 27.1 Å². The zero-order valence-corrected chi connectivity index (χ0v) is 20.3. The van der Waals surface area contributed by atoms with Crippen molar-refractivity contribution in [2.45, 2.75) is 32.5 Å². The van der Waals surface area contributed by atoms with Crippen LogP contribution in [0.5, 0.6) is 0 Å². The maximum Gasteiger partial charge on any atom is 0.277 e. The molecule has 1 aliphatic heterocycles. The van der Waals surface area contributed by atoms with Crippen molar-refractivity contribution >= 4 is 29.1 Å². The molecule has 5 rings (SSSR count). The van der Waals surface area contributed by atoms with Crippen molar-refractivity contribution in [1.29, 1.82) is 0 Å². The van der Waals surface area contributed by atoms with Crippen LogP contribution >= 0.6 is 11.6 Å². The van der Waals surface area contributed by atoms with Gasteiger partial charge in [0.2, 0.25) is 5.91 Å². The van der Waals surface area contributed by atoms with Crippen LogP contribution < -0.4 is 10.2 Å². The summed E-state index contributed by atoms with van der Waals surface area (Å²) < 4.78 is 1.65. The van der Waals surface area contributed by atoms with E-state index in [1.54, 1.807) is 40.8 Å². The number of halogens is 1. The SMILES string of the molecule is Cc1cc(Cl)ccc1N1C(=O)c2cc(-c3ccccc3)nn2C[C@]1(C)C(=O)NCc1ccccc1. The molecule has 0 fully saturated rings. The third kappa shape index (κ3) is 4.21. The zero-order valence-electron chi connectivity index (χ0n) is 19.5. The van der Waals surface area contributed by atoms with Crippen LogP contribution in [0.4, 0.5) is 5.69 Å². The van der Waals surface area contributed by atoms with Gasteiger partial charge in [-0.15, -0.1) is 0 Å². The second kappa shape index (κ2) is 9.04. The van der Waals surface area contributed by atoms with Crippen LogP contribution in [0.3, 0.4) is 0 Å². The Kier molecular flexibility index (Phi) is 5.91. The molecule has 35 heavy (non-hydrogen) atoms. The maximum absolute atomic E-state index is 13.9. The van der Waals surface area contributed by atoms with E-state index in [1.165, 1.54) is 0 Å². The van der Waals surface area contributed by atoms with E-state index in [-0.39, 0.29) is 18.4 Å². The van der Waals surface area contributed by atoms with Gasteiger partial charge in [0.05, 0.1) is 12.2 Å². The fourth-order valence-electron chi connectivity index (χ4n) is 4.55. The number of rotatable bonds is 5. The highest BCUT2D eigenvalue weighted by Gasteiger charge is 2.49. The van der Waals surface area contributed by atoms with Gasteiger partial charge in [0.15, 0.2) is 0 Å². The Bertz CT molecular complexity index is 1400. The number of amides is 2. The number of aryl methyl sites for hydroxylation is 1. The van der Waals surface area contributed by atoms with Gasteiger partial charge in [-0.25, -0.2) is 0 Å². The van der Waals surface area contributed by atoms with Gasteiger partial charge in [0.25, 0.3) is 5.91 Å². The molecule has 2 amide bonds. The van der Waals surface area contributed by atoms with E-state index < -0.39 is 5.54 Å². The van der Waals surface area contributed by atoms with E-state index in [2.05, 4.69) is 5.32 Å². The van der Waals surface area contributed by atoms with Crippen molar-refractivity contribution in [3.05, 3.63) is 107 Å². The Morgan fingerprint density at radius 1 is 1.03 bits per heavy atom. The predicted molar refractivity (Wildman–Crippen MR) is 137 cm³/mol. The average Bonchev–Trinajstić information content (AvgIpc) is 3.29. The first-order chi connectivity index (χ1) is 16.9. The molecule has 1 aliphatic rings. The fraction of sp³-hybridized carbons (Fsp3) is 0.179. The van der Waals surface area contributed by atoms with E-state index in [0.717, 1.165) is 16.7 Å². The molecule has 6 nitrogen and oxygen atoms in total. The lowest BCUT2D eigenvalue weighted by molar-refractivity contribution is -0.126. The molecule has 1 aromatic heterocycles. The van der Waals surface area contributed by atoms with Gasteiger partial charge in [-0.05, 0) is 49.2 Å². The first-order valence-corrected chi connectivity index (χ1v) is 11.8. The van der Waals surface area contributed by atoms with Gasteiger partial charge in [-0.2, -0.15) is 5.10 Å². The number of aromatic nitrogens is 2. The Morgan fingerprint density at radius 3 is 2.40 bits per heavy atom. The molecule has 0 aliphatic carbocycles. The molecule has 176 valence electrons. The van der Waals surface area contributed by atoms with E-state index in [4.69, 9.17) is 16.7 Å². The van der Waals surface area contributed by atoms with Gasteiger partial charge in [0.1, 0.15) is 11.2 Å². The molecule has 0 bridgehead atoms. The van der Waals surface area contributed by atoms with Crippen molar-refractivity contribution in [3.63, 3.8) is 0 Å². The number of hydrogen-bond acceptors (Lipinski definition) is 3. The number of hydrogen-bond donors (Lipinski definition) is 1. The highest BCUT2D eigenvalue weighted by molar-refractivity contribution is 6.30. The smallest absolute Gasteiger partial charge is 0.277 e. The summed E-state index contributed by atoms with van der Waals surface area (Å²) >= 11 is 6.20. The topological polar surface area (TPSA) is 67.2 Å². The largest absolute Gasteiger partial charge is 0.350 e. The Balaban J connectivity index is 1.57. The number of carbonyl (C=O) groups is 2. The minimum Gasteiger partial charge on any atom is -0.350 e. The Morgan fingerprint density at radius 2 is 1.71 bits per heavy atom. The predicted octanol–water partition coefficient (Wildman–Crippen LogP) is 5.25. The summed E-state index contributed by atoms with van der Waals surface area (Å²) in [7, 11) is 0. The number of benzene rings is 3. The van der Waals surface area contributed by atoms with Crippen molar-refractivity contribution < 1.29 is 9.59 Å². The molecule has 7 heteroatoms. The van der Waals surface area contributed by atoms with Crippen LogP contribution in [0.15, 0.2) is 84.9 Å². The minimum absolute atomic E-state index is 0.212. The normalized spacial score (nSPS) is 17.2. The van der Waals surface area contributed by atoms with E-state index in [9.17, 15) is 9.59 Å². The van der Waals surface area contributed by atoms with Crippen LogP contribution in [0.1, 0.15) is 28.5 Å². The number of carbonyl (C=O) groups excluding carboxylic acids is 2. The molecule has 1 atom stereocenters. The number of nitrogens with zero attached hydrogens (tertiary/aromatic N) is 3. The number of anilines is 1. The summed E-state index contributed by atoms with van der Waals surface area (Å²) in [5.41, 5.74) is 3.26. The van der Waals surface area contributed by atoms with Gasteiger partial charge >= 0.3 is 0 Å². The third-order valence-electron chi connectivity index (χ3n) is 6.41. The standard InChI is InChI=1S/C28H25ClN4O2/c1-19-15-22(29)13-14-24(19)33-26(34)25-16-23(21-11-7-4-8-12-21)31-32(25)18-28(33,2)27(35)30-17-20-9-5-3-6-10-20/h3-16H,17-18H2,1-2H3,(H,30,35)/t28-/m1/s1. The van der Waals surface area contributed by atoms with Gasteiger partial charge < -0.3 is 5.32 Å². The van der Waals surface area contributed by atoms with Gasteiger partial charge in [-0.1, -0.05) is 72.3 Å². The minimum atomic E-state index is -1.21. The van der Waals surface area contributed by atoms with Crippen molar-refractivity contribution in [3.8, 4) is 11.3 Å². The highest BCUT2D eigenvalue weighted by atomic mass is 35.5. The van der Waals surface area contributed by atoms with E-state index in [0.29, 0.717) is 28.6 Å². The quantitative estimate of drug-likeness (QED) is 0.421. The summed E-state index contributed by atoms with van der Waals surface area (Å²) in [6.07, 6.45) is 0. The average molecular weight is 485 g/mol. The fourth-order valence-corrected chi connectivity index (χ4v) is 4.77. The van der Waals surface area contributed by atoms with Gasteiger partial charge in [0, 0.05) is 22.8 Å². The molecule has 0 radical (unpaired) electrons. The molecule has 0 saturated heterocycles. The van der Waals surface area contributed by atoms with Crippen LogP contribution in [0.25, 0.3) is 11.3 Å². The second-order valence-corrected chi connectivity index (χ2v) is 9.39. The first-order valence-electron chi connectivity index (χ1n) is 11.4. The number of fused-ring (bicyclic) bond motifs is 1. The summed E-state index contributed by atoms with van der Waals surface area (Å²) in [4.78, 5) is 29.2. The highest BCUT2D eigenvalue weighted by Crippen LogP contribution is 2.36. The van der Waals surface area contributed by atoms with Gasteiger partial charge in [-0.3, -0.25) is 19.2 Å². The Labute approximate surface area is 209 Å². The number of nitrogens with one attached hydrogen (secondary N) is 1. The monoisotopic (exact) mass is 484 g/mol.